The molecule has 0 aliphatic heterocycles. The summed E-state index contributed by atoms with van der Waals surface area (Å²) >= 11 is 0. The maximum absolute atomic E-state index is 14.2. The zero-order valence-corrected chi connectivity index (χ0v) is 11.7. The van der Waals surface area contributed by atoms with Crippen LogP contribution in [0.3, 0.4) is 0 Å². The molecule has 0 radical (unpaired) electrons. The highest BCUT2D eigenvalue weighted by molar-refractivity contribution is 5.97. The molecule has 3 N–H and O–H groups in total. The summed E-state index contributed by atoms with van der Waals surface area (Å²) in [6, 6.07) is 4.93. The average molecular weight is 267 g/mol. The molecule has 0 saturated carbocycles. The summed E-state index contributed by atoms with van der Waals surface area (Å²) in [5, 5.41) is 11.5. The van der Waals surface area contributed by atoms with Crippen molar-refractivity contribution in [3.8, 4) is 0 Å². The summed E-state index contributed by atoms with van der Waals surface area (Å²) in [6.07, 6.45) is 1.07. The van der Waals surface area contributed by atoms with E-state index in [9.17, 15) is 4.39 Å². The van der Waals surface area contributed by atoms with E-state index in [0.29, 0.717) is 18.0 Å². The topological polar surface area (TPSA) is 61.8 Å². The van der Waals surface area contributed by atoms with Crippen molar-refractivity contribution in [3.63, 3.8) is 0 Å². The molecule has 19 heavy (non-hydrogen) atoms. The van der Waals surface area contributed by atoms with Gasteiger partial charge in [0, 0.05) is 12.1 Å². The van der Waals surface area contributed by atoms with Crippen molar-refractivity contribution in [2.45, 2.75) is 26.8 Å². The second-order valence-corrected chi connectivity index (χ2v) is 5.18. The highest BCUT2D eigenvalue weighted by atomic mass is 19.1. The number of rotatable bonds is 6. The minimum atomic E-state index is -0.422. The van der Waals surface area contributed by atoms with E-state index >= 15 is 0 Å². The van der Waals surface area contributed by atoms with E-state index in [2.05, 4.69) is 23.9 Å². The van der Waals surface area contributed by atoms with E-state index in [1.165, 1.54) is 6.07 Å². The van der Waals surface area contributed by atoms with Crippen molar-refractivity contribution in [3.05, 3.63) is 35.1 Å². The first-order chi connectivity index (χ1) is 8.95. The first kappa shape index (κ1) is 15.4. The van der Waals surface area contributed by atoms with Crippen LogP contribution in [0.4, 0.5) is 4.39 Å². The fourth-order valence-electron chi connectivity index (χ4n) is 1.80. The first-order valence-corrected chi connectivity index (χ1v) is 6.39. The van der Waals surface area contributed by atoms with Gasteiger partial charge >= 0.3 is 0 Å². The van der Waals surface area contributed by atoms with Gasteiger partial charge in [-0.2, -0.15) is 0 Å². The second-order valence-electron chi connectivity index (χ2n) is 5.18. The van der Waals surface area contributed by atoms with Gasteiger partial charge in [-0.25, -0.2) is 4.39 Å². The maximum atomic E-state index is 14.2. The Morgan fingerprint density at radius 1 is 1.47 bits per heavy atom. The minimum Gasteiger partial charge on any atom is -0.409 e. The summed E-state index contributed by atoms with van der Waals surface area (Å²) in [7, 11) is 1.96. The summed E-state index contributed by atoms with van der Waals surface area (Å²) in [5.41, 5.74) is 6.13. The lowest BCUT2D eigenvalue weighted by Crippen LogP contribution is -2.22. The molecular weight excluding hydrogens is 245 g/mol. The molecule has 106 valence electrons. The Labute approximate surface area is 113 Å². The van der Waals surface area contributed by atoms with Crippen LogP contribution in [-0.4, -0.2) is 29.5 Å². The predicted octanol–water partition coefficient (Wildman–Crippen LogP) is 2.40. The maximum Gasteiger partial charge on any atom is 0.173 e. The van der Waals surface area contributed by atoms with Crippen LogP contribution in [0.15, 0.2) is 23.4 Å². The van der Waals surface area contributed by atoms with Gasteiger partial charge in [0.1, 0.15) is 5.82 Å². The van der Waals surface area contributed by atoms with Crippen LogP contribution in [0.2, 0.25) is 0 Å². The van der Waals surface area contributed by atoms with Gasteiger partial charge in [0.25, 0.3) is 0 Å². The molecule has 0 bridgehead atoms. The van der Waals surface area contributed by atoms with Gasteiger partial charge in [0.15, 0.2) is 5.84 Å². The molecule has 0 unspecified atom stereocenters. The van der Waals surface area contributed by atoms with Crippen LogP contribution in [0.5, 0.6) is 0 Å². The third kappa shape index (κ3) is 4.52. The van der Waals surface area contributed by atoms with Gasteiger partial charge in [-0.05, 0) is 32.0 Å². The Balaban J connectivity index is 2.79. The zero-order valence-electron chi connectivity index (χ0n) is 11.7. The van der Waals surface area contributed by atoms with Crippen molar-refractivity contribution in [1.82, 2.24) is 4.90 Å². The highest BCUT2D eigenvalue weighted by Crippen LogP contribution is 2.15. The smallest absolute Gasteiger partial charge is 0.173 e. The lowest BCUT2D eigenvalue weighted by atomic mass is 10.1. The molecule has 0 fully saturated rings. The Kier molecular flexibility index (Phi) is 5.76. The molecule has 0 aromatic heterocycles. The fraction of sp³-hybridized carbons (Fsp3) is 0.500. The molecule has 0 amide bonds. The lowest BCUT2D eigenvalue weighted by molar-refractivity contribution is 0.299. The van der Waals surface area contributed by atoms with Crippen LogP contribution in [-0.2, 0) is 6.54 Å². The third-order valence-corrected chi connectivity index (χ3v) is 2.99. The first-order valence-electron chi connectivity index (χ1n) is 6.39. The van der Waals surface area contributed by atoms with Crippen LogP contribution in [0.25, 0.3) is 0 Å². The molecule has 1 rings (SSSR count). The van der Waals surface area contributed by atoms with Crippen molar-refractivity contribution in [1.29, 1.82) is 0 Å². The molecule has 1 aromatic rings. The Morgan fingerprint density at radius 3 is 2.74 bits per heavy atom. The van der Waals surface area contributed by atoms with E-state index in [-0.39, 0.29) is 11.4 Å². The van der Waals surface area contributed by atoms with E-state index in [0.717, 1.165) is 13.0 Å². The Bertz CT molecular complexity index is 446. The lowest BCUT2D eigenvalue weighted by Gasteiger charge is -2.18. The molecule has 0 aliphatic carbocycles. The minimum absolute atomic E-state index is 0.136. The monoisotopic (exact) mass is 267 g/mol. The summed E-state index contributed by atoms with van der Waals surface area (Å²) in [6.45, 7) is 5.73. The number of nitrogens with zero attached hydrogens (tertiary/aromatic N) is 2. The highest BCUT2D eigenvalue weighted by Gasteiger charge is 2.13. The number of benzene rings is 1. The molecule has 0 saturated heterocycles. The Morgan fingerprint density at radius 2 is 2.16 bits per heavy atom. The van der Waals surface area contributed by atoms with Gasteiger partial charge in [0.05, 0.1) is 5.56 Å². The van der Waals surface area contributed by atoms with E-state index in [1.54, 1.807) is 12.1 Å². The summed E-state index contributed by atoms with van der Waals surface area (Å²) in [4.78, 5) is 2.06. The molecule has 1 aromatic carbocycles. The van der Waals surface area contributed by atoms with Crippen LogP contribution in [0, 0.1) is 11.7 Å². The molecular formula is C14H22FN3O. The molecule has 5 heteroatoms. The largest absolute Gasteiger partial charge is 0.409 e. The summed E-state index contributed by atoms with van der Waals surface area (Å²) in [5.74, 6) is -0.00539. The van der Waals surface area contributed by atoms with E-state index < -0.39 is 5.82 Å². The molecule has 0 atom stereocenters. The van der Waals surface area contributed by atoms with Gasteiger partial charge in [-0.15, -0.1) is 0 Å². The normalized spacial score (nSPS) is 12.4. The molecule has 0 heterocycles. The number of hydrogen-bond acceptors (Lipinski definition) is 3. The van der Waals surface area contributed by atoms with Crippen LogP contribution < -0.4 is 5.73 Å². The van der Waals surface area contributed by atoms with Crippen LogP contribution in [0.1, 0.15) is 31.4 Å². The van der Waals surface area contributed by atoms with Crippen molar-refractivity contribution >= 4 is 5.84 Å². The van der Waals surface area contributed by atoms with Crippen LogP contribution >= 0.6 is 0 Å². The van der Waals surface area contributed by atoms with E-state index in [1.807, 2.05) is 7.05 Å². The van der Waals surface area contributed by atoms with Gasteiger partial charge in [-0.1, -0.05) is 31.1 Å². The number of oxime groups is 1. The third-order valence-electron chi connectivity index (χ3n) is 2.99. The standard InChI is InChI=1S/C14H22FN3O/c1-10(2)7-8-18(3)9-11-5-4-6-12(13(11)15)14(16)17-19/h4-6,10,19H,7-9H2,1-3H3,(H2,16,17). The van der Waals surface area contributed by atoms with Gasteiger partial charge in [-0.3, -0.25) is 0 Å². The number of nitrogens with two attached hydrogens (primary N) is 1. The number of hydrogen-bond donors (Lipinski definition) is 2. The van der Waals surface area contributed by atoms with E-state index in [4.69, 9.17) is 10.9 Å². The fourth-order valence-corrected chi connectivity index (χ4v) is 1.80. The SMILES string of the molecule is CC(C)CCN(C)Cc1cccc(/C(N)=N/O)c1F. The van der Waals surface area contributed by atoms with Crippen molar-refractivity contribution < 1.29 is 9.60 Å². The predicted molar refractivity (Wildman–Crippen MR) is 74.7 cm³/mol. The zero-order chi connectivity index (χ0) is 14.4. The Hall–Kier alpha value is -1.62. The number of halogens is 1. The number of amidine groups is 1. The quantitative estimate of drug-likeness (QED) is 0.360. The molecule has 0 aliphatic rings. The second kappa shape index (κ2) is 7.09. The van der Waals surface area contributed by atoms with Gasteiger partial charge in [0.2, 0.25) is 0 Å². The molecule has 0 spiro atoms. The average Bonchev–Trinajstić information content (AvgIpc) is 2.38. The van der Waals surface area contributed by atoms with Gasteiger partial charge < -0.3 is 15.8 Å². The van der Waals surface area contributed by atoms with Crippen molar-refractivity contribution in [2.24, 2.45) is 16.8 Å². The summed E-state index contributed by atoms with van der Waals surface area (Å²) < 4.78 is 14.2. The van der Waals surface area contributed by atoms with Crippen molar-refractivity contribution in [2.75, 3.05) is 13.6 Å². The molecule has 4 nitrogen and oxygen atoms in total.